The van der Waals surface area contributed by atoms with Gasteiger partial charge < -0.3 is 20.1 Å². The fraction of sp³-hybridized carbons (Fsp3) is 0.500. The minimum Gasteiger partial charge on any atom is -0.494 e. The monoisotopic (exact) mass is 308 g/mol. The van der Waals surface area contributed by atoms with Crippen LogP contribution in [0.1, 0.15) is 18.9 Å². The van der Waals surface area contributed by atoms with Crippen molar-refractivity contribution >= 4 is 11.8 Å². The molecule has 0 aromatic heterocycles. The fourth-order valence-corrected chi connectivity index (χ4v) is 1.81. The standard InChI is InChI=1S/C16H24N2O4/c1-3-22-14-6-4-13(5-7-14)12-16(20)18-10-9-17-15(19)8-11-21-2/h4-7H,3,8-12H2,1-2H3,(H,17,19)(H,18,20). The highest BCUT2D eigenvalue weighted by molar-refractivity contribution is 5.79. The predicted molar refractivity (Wildman–Crippen MR) is 83.8 cm³/mol. The summed E-state index contributed by atoms with van der Waals surface area (Å²) in [6, 6.07) is 7.44. The molecule has 1 rings (SSSR count). The van der Waals surface area contributed by atoms with Crippen LogP contribution in [0.3, 0.4) is 0 Å². The normalized spacial score (nSPS) is 10.1. The van der Waals surface area contributed by atoms with Crippen LogP contribution >= 0.6 is 0 Å². The van der Waals surface area contributed by atoms with Gasteiger partial charge in [-0.1, -0.05) is 12.1 Å². The van der Waals surface area contributed by atoms with Crippen LogP contribution in [0.15, 0.2) is 24.3 Å². The molecule has 0 radical (unpaired) electrons. The SMILES string of the molecule is CCOc1ccc(CC(=O)NCCNC(=O)CCOC)cc1. The summed E-state index contributed by atoms with van der Waals surface area (Å²) < 4.78 is 10.2. The highest BCUT2D eigenvalue weighted by atomic mass is 16.5. The van der Waals surface area contributed by atoms with Gasteiger partial charge in [-0.15, -0.1) is 0 Å². The smallest absolute Gasteiger partial charge is 0.224 e. The van der Waals surface area contributed by atoms with Crippen LogP contribution in [0.5, 0.6) is 5.75 Å². The maximum Gasteiger partial charge on any atom is 0.224 e. The third-order valence-corrected chi connectivity index (χ3v) is 2.90. The summed E-state index contributed by atoms with van der Waals surface area (Å²) in [5.41, 5.74) is 0.921. The molecular weight excluding hydrogens is 284 g/mol. The predicted octanol–water partition coefficient (Wildman–Crippen LogP) is 0.897. The summed E-state index contributed by atoms with van der Waals surface area (Å²) in [6.07, 6.45) is 0.640. The third kappa shape index (κ3) is 7.64. The number of hydrogen-bond donors (Lipinski definition) is 2. The number of nitrogens with one attached hydrogen (secondary N) is 2. The molecule has 0 unspecified atom stereocenters. The van der Waals surface area contributed by atoms with Crippen LogP contribution in [0, 0.1) is 0 Å². The van der Waals surface area contributed by atoms with Gasteiger partial charge in [-0.3, -0.25) is 9.59 Å². The summed E-state index contributed by atoms with van der Waals surface area (Å²) in [4.78, 5) is 23.1. The van der Waals surface area contributed by atoms with Gasteiger partial charge in [-0.2, -0.15) is 0 Å². The summed E-state index contributed by atoms with van der Waals surface area (Å²) in [7, 11) is 1.55. The molecule has 0 heterocycles. The maximum absolute atomic E-state index is 11.8. The molecule has 122 valence electrons. The van der Waals surface area contributed by atoms with Crippen LogP contribution in [0.25, 0.3) is 0 Å². The van der Waals surface area contributed by atoms with Gasteiger partial charge in [0.05, 0.1) is 19.6 Å². The van der Waals surface area contributed by atoms with Crippen molar-refractivity contribution in [1.82, 2.24) is 10.6 Å². The van der Waals surface area contributed by atoms with Crippen molar-refractivity contribution < 1.29 is 19.1 Å². The molecule has 0 saturated heterocycles. The molecule has 0 spiro atoms. The van der Waals surface area contributed by atoms with Crippen LogP contribution in [0.4, 0.5) is 0 Å². The third-order valence-electron chi connectivity index (χ3n) is 2.90. The lowest BCUT2D eigenvalue weighted by Gasteiger charge is -2.08. The Kier molecular flexibility index (Phi) is 8.67. The highest BCUT2D eigenvalue weighted by Crippen LogP contribution is 2.12. The minimum absolute atomic E-state index is 0.0738. The molecule has 2 amide bonds. The van der Waals surface area contributed by atoms with Gasteiger partial charge in [-0.05, 0) is 24.6 Å². The van der Waals surface area contributed by atoms with Crippen LogP contribution in [-0.2, 0) is 20.7 Å². The van der Waals surface area contributed by atoms with Crippen LogP contribution in [-0.4, -0.2) is 45.2 Å². The van der Waals surface area contributed by atoms with Crippen molar-refractivity contribution in [3.63, 3.8) is 0 Å². The molecule has 1 aromatic carbocycles. The lowest BCUT2D eigenvalue weighted by atomic mass is 10.1. The summed E-state index contributed by atoms with van der Waals surface area (Å²) >= 11 is 0. The van der Waals surface area contributed by atoms with Gasteiger partial charge in [0, 0.05) is 26.6 Å². The Morgan fingerprint density at radius 2 is 1.68 bits per heavy atom. The Hall–Kier alpha value is -2.08. The molecule has 1 aromatic rings. The molecular formula is C16H24N2O4. The second-order valence-electron chi connectivity index (χ2n) is 4.70. The van der Waals surface area contributed by atoms with Crippen molar-refractivity contribution in [2.45, 2.75) is 19.8 Å². The van der Waals surface area contributed by atoms with E-state index in [1.54, 1.807) is 7.11 Å². The Labute approximate surface area is 131 Å². The molecule has 0 saturated carbocycles. The van der Waals surface area contributed by atoms with E-state index >= 15 is 0 Å². The number of methoxy groups -OCH3 is 1. The molecule has 6 heteroatoms. The number of carbonyl (C=O) groups excluding carboxylic acids is 2. The Bertz CT molecular complexity index is 460. The fourth-order valence-electron chi connectivity index (χ4n) is 1.81. The van der Waals surface area contributed by atoms with E-state index in [4.69, 9.17) is 9.47 Å². The van der Waals surface area contributed by atoms with Gasteiger partial charge in [0.2, 0.25) is 11.8 Å². The van der Waals surface area contributed by atoms with Crippen molar-refractivity contribution in [1.29, 1.82) is 0 Å². The van der Waals surface area contributed by atoms with Crippen molar-refractivity contribution in [2.24, 2.45) is 0 Å². The zero-order chi connectivity index (χ0) is 16.2. The van der Waals surface area contributed by atoms with E-state index in [0.29, 0.717) is 39.1 Å². The number of hydrogen-bond acceptors (Lipinski definition) is 4. The van der Waals surface area contributed by atoms with Gasteiger partial charge in [0.25, 0.3) is 0 Å². The lowest BCUT2D eigenvalue weighted by molar-refractivity contribution is -0.123. The van der Waals surface area contributed by atoms with Crippen LogP contribution in [0.2, 0.25) is 0 Å². The molecule has 0 aliphatic rings. The molecule has 2 N–H and O–H groups in total. The average Bonchev–Trinajstić information content (AvgIpc) is 2.52. The minimum atomic E-state index is -0.0809. The molecule has 0 aliphatic carbocycles. The van der Waals surface area contributed by atoms with E-state index in [1.807, 2.05) is 31.2 Å². The Morgan fingerprint density at radius 1 is 1.05 bits per heavy atom. The number of ether oxygens (including phenoxy) is 2. The van der Waals surface area contributed by atoms with Gasteiger partial charge in [0.15, 0.2) is 0 Å². The number of benzene rings is 1. The highest BCUT2D eigenvalue weighted by Gasteiger charge is 2.04. The van der Waals surface area contributed by atoms with Gasteiger partial charge in [-0.25, -0.2) is 0 Å². The van der Waals surface area contributed by atoms with E-state index in [1.165, 1.54) is 0 Å². The summed E-state index contributed by atoms with van der Waals surface area (Å²) in [5.74, 6) is 0.642. The first-order valence-corrected chi connectivity index (χ1v) is 7.39. The first kappa shape index (κ1) is 18.0. The molecule has 0 aliphatic heterocycles. The second-order valence-corrected chi connectivity index (χ2v) is 4.70. The number of rotatable bonds is 10. The summed E-state index contributed by atoms with van der Waals surface area (Å²) in [6.45, 7) is 3.77. The average molecular weight is 308 g/mol. The van der Waals surface area contributed by atoms with Gasteiger partial charge >= 0.3 is 0 Å². The van der Waals surface area contributed by atoms with E-state index in [9.17, 15) is 9.59 Å². The summed E-state index contributed by atoms with van der Waals surface area (Å²) in [5, 5.41) is 5.47. The van der Waals surface area contributed by atoms with Crippen LogP contribution < -0.4 is 15.4 Å². The molecule has 6 nitrogen and oxygen atoms in total. The molecule has 0 fully saturated rings. The number of carbonyl (C=O) groups is 2. The van der Waals surface area contributed by atoms with Crippen molar-refractivity contribution in [3.05, 3.63) is 29.8 Å². The largest absolute Gasteiger partial charge is 0.494 e. The Morgan fingerprint density at radius 3 is 2.27 bits per heavy atom. The van der Waals surface area contributed by atoms with E-state index in [-0.39, 0.29) is 11.8 Å². The number of amides is 2. The van der Waals surface area contributed by atoms with Crippen molar-refractivity contribution in [3.8, 4) is 5.75 Å². The van der Waals surface area contributed by atoms with E-state index in [0.717, 1.165) is 11.3 Å². The quantitative estimate of drug-likeness (QED) is 0.630. The van der Waals surface area contributed by atoms with Gasteiger partial charge in [0.1, 0.15) is 5.75 Å². The van der Waals surface area contributed by atoms with Crippen molar-refractivity contribution in [2.75, 3.05) is 33.4 Å². The van der Waals surface area contributed by atoms with E-state index < -0.39 is 0 Å². The zero-order valence-corrected chi connectivity index (χ0v) is 13.2. The second kappa shape index (κ2) is 10.6. The topological polar surface area (TPSA) is 76.7 Å². The first-order valence-electron chi connectivity index (χ1n) is 7.39. The molecule has 22 heavy (non-hydrogen) atoms. The lowest BCUT2D eigenvalue weighted by Crippen LogP contribution is -2.35. The zero-order valence-electron chi connectivity index (χ0n) is 13.2. The molecule has 0 atom stereocenters. The first-order chi connectivity index (χ1) is 10.7. The van der Waals surface area contributed by atoms with E-state index in [2.05, 4.69) is 10.6 Å². The molecule has 0 bridgehead atoms. The maximum atomic E-state index is 11.8. The Balaban J connectivity index is 2.19.